The van der Waals surface area contributed by atoms with Crippen LogP contribution in [0.4, 0.5) is 0 Å². The minimum absolute atomic E-state index is 0.639. The smallest absolute Gasteiger partial charge is 0.164 e. The minimum Gasteiger partial charge on any atom is -0.456 e. The number of para-hydroxylation sites is 1. The zero-order valence-electron chi connectivity index (χ0n) is 33.2. The Hall–Kier alpha value is -7.63. The van der Waals surface area contributed by atoms with Gasteiger partial charge in [0.25, 0.3) is 0 Å². The SMILES string of the molecule is CCCCc1ccc2c(c1)oc1cc(-c3ccc4c5ccccc5n(-c5cccc(-c6ccc(-c7nc(-c8ccccc8)nc(-c8ccccc8)n7)cc6)c5)c4c3)ccc12. The molecule has 0 aliphatic carbocycles. The fourth-order valence-corrected chi connectivity index (χ4v) is 8.54. The van der Waals surface area contributed by atoms with Crippen molar-refractivity contribution in [3.8, 4) is 62.1 Å². The van der Waals surface area contributed by atoms with Gasteiger partial charge in [-0.05, 0) is 83.1 Å². The summed E-state index contributed by atoms with van der Waals surface area (Å²) in [7, 11) is 0. The molecular formula is C55H40N4O. The second-order valence-electron chi connectivity index (χ2n) is 15.5. The summed E-state index contributed by atoms with van der Waals surface area (Å²) in [5.74, 6) is 1.94. The second-order valence-corrected chi connectivity index (χ2v) is 15.5. The zero-order chi connectivity index (χ0) is 40.0. The average Bonchev–Trinajstić information content (AvgIpc) is 3.86. The van der Waals surface area contributed by atoms with Gasteiger partial charge < -0.3 is 8.98 Å². The fourth-order valence-electron chi connectivity index (χ4n) is 8.54. The van der Waals surface area contributed by atoms with Crippen molar-refractivity contribution in [3.63, 3.8) is 0 Å². The number of nitrogens with zero attached hydrogens (tertiary/aromatic N) is 4. The van der Waals surface area contributed by atoms with Gasteiger partial charge in [0.15, 0.2) is 17.5 Å². The topological polar surface area (TPSA) is 56.7 Å². The third-order valence-corrected chi connectivity index (χ3v) is 11.6. The molecule has 0 saturated heterocycles. The van der Waals surface area contributed by atoms with Crippen LogP contribution in [0.1, 0.15) is 25.3 Å². The Morgan fingerprint density at radius 2 is 0.917 bits per heavy atom. The maximum atomic E-state index is 6.48. The highest BCUT2D eigenvalue weighted by Crippen LogP contribution is 2.38. The lowest BCUT2D eigenvalue weighted by Crippen LogP contribution is -2.00. The number of hydrogen-bond acceptors (Lipinski definition) is 4. The van der Waals surface area contributed by atoms with E-state index in [1.807, 2.05) is 60.7 Å². The van der Waals surface area contributed by atoms with Gasteiger partial charge in [-0.25, -0.2) is 15.0 Å². The van der Waals surface area contributed by atoms with Gasteiger partial charge in [0.05, 0.1) is 11.0 Å². The first-order valence-corrected chi connectivity index (χ1v) is 20.7. The molecule has 5 nitrogen and oxygen atoms in total. The summed E-state index contributed by atoms with van der Waals surface area (Å²) in [6.45, 7) is 2.23. The molecular weight excluding hydrogens is 733 g/mol. The largest absolute Gasteiger partial charge is 0.456 e. The standard InChI is InChI=1S/C55H40N4O/c1-2-3-13-36-22-29-47-48-31-28-43(35-52(48)60-51(47)32-36)42-27-30-46-45-20-10-11-21-49(45)59(50(46)34-42)44-19-12-18-41(33-44)37-23-25-40(26-24-37)55-57-53(38-14-6-4-7-15-38)56-54(58-55)39-16-8-5-9-17-39/h4-12,14-35H,2-3,13H2,1H3. The van der Waals surface area contributed by atoms with Crippen molar-refractivity contribution in [2.75, 3.05) is 0 Å². The first kappa shape index (κ1) is 35.5. The highest BCUT2D eigenvalue weighted by atomic mass is 16.3. The van der Waals surface area contributed by atoms with Crippen LogP contribution in [0, 0.1) is 0 Å². The molecule has 0 N–H and O–H groups in total. The Kier molecular flexibility index (Phi) is 8.85. The van der Waals surface area contributed by atoms with Crippen LogP contribution in [0.5, 0.6) is 0 Å². The van der Waals surface area contributed by atoms with Crippen LogP contribution in [0.15, 0.2) is 192 Å². The summed E-state index contributed by atoms with van der Waals surface area (Å²) in [5.41, 5.74) is 14.0. The van der Waals surface area contributed by atoms with E-state index in [0.29, 0.717) is 17.5 Å². The van der Waals surface area contributed by atoms with E-state index in [1.54, 1.807) is 0 Å². The summed E-state index contributed by atoms with van der Waals surface area (Å²) in [4.78, 5) is 14.8. The highest BCUT2D eigenvalue weighted by molar-refractivity contribution is 6.11. The Balaban J connectivity index is 0.961. The molecule has 3 aromatic heterocycles. The Morgan fingerprint density at radius 1 is 0.400 bits per heavy atom. The van der Waals surface area contributed by atoms with Gasteiger partial charge in [0, 0.05) is 43.9 Å². The number of aryl methyl sites for hydroxylation is 1. The predicted molar refractivity (Wildman–Crippen MR) is 247 cm³/mol. The Bertz CT molecular complexity index is 3290. The van der Waals surface area contributed by atoms with E-state index in [4.69, 9.17) is 19.4 Å². The molecule has 0 bridgehead atoms. The fraction of sp³-hybridized carbons (Fsp3) is 0.0727. The summed E-state index contributed by atoms with van der Waals surface area (Å²) in [6, 6.07) is 66.4. The third kappa shape index (κ3) is 6.41. The van der Waals surface area contributed by atoms with Crippen LogP contribution < -0.4 is 0 Å². The van der Waals surface area contributed by atoms with Crippen molar-refractivity contribution in [3.05, 3.63) is 194 Å². The molecule has 286 valence electrons. The molecule has 60 heavy (non-hydrogen) atoms. The normalized spacial score (nSPS) is 11.6. The molecule has 3 heterocycles. The van der Waals surface area contributed by atoms with Crippen LogP contribution in [0.3, 0.4) is 0 Å². The Morgan fingerprint density at radius 3 is 1.62 bits per heavy atom. The average molecular weight is 773 g/mol. The van der Waals surface area contributed by atoms with Crippen LogP contribution in [0.2, 0.25) is 0 Å². The van der Waals surface area contributed by atoms with Crippen LogP contribution in [-0.2, 0) is 6.42 Å². The van der Waals surface area contributed by atoms with Crippen molar-refractivity contribution < 1.29 is 4.42 Å². The predicted octanol–water partition coefficient (Wildman–Crippen LogP) is 14.5. The van der Waals surface area contributed by atoms with Gasteiger partial charge in [0.2, 0.25) is 0 Å². The van der Waals surface area contributed by atoms with Crippen LogP contribution >= 0.6 is 0 Å². The lowest BCUT2D eigenvalue weighted by molar-refractivity contribution is 0.667. The van der Waals surface area contributed by atoms with Crippen molar-refractivity contribution >= 4 is 43.7 Å². The lowest BCUT2D eigenvalue weighted by Gasteiger charge is -2.12. The number of aromatic nitrogens is 4. The van der Waals surface area contributed by atoms with Crippen molar-refractivity contribution in [1.29, 1.82) is 0 Å². The summed E-state index contributed by atoms with van der Waals surface area (Å²) in [5, 5.41) is 4.76. The number of furan rings is 1. The van der Waals surface area contributed by atoms with Crippen LogP contribution in [0.25, 0.3) is 106 Å². The summed E-state index contributed by atoms with van der Waals surface area (Å²) in [6.07, 6.45) is 3.44. The van der Waals surface area contributed by atoms with Gasteiger partial charge in [-0.3, -0.25) is 0 Å². The van der Waals surface area contributed by atoms with Crippen molar-refractivity contribution in [2.45, 2.75) is 26.2 Å². The van der Waals surface area contributed by atoms with Gasteiger partial charge in [0.1, 0.15) is 11.2 Å². The van der Waals surface area contributed by atoms with Crippen molar-refractivity contribution in [2.24, 2.45) is 0 Å². The van der Waals surface area contributed by atoms with Gasteiger partial charge in [-0.15, -0.1) is 0 Å². The number of rotatable bonds is 9. The Labute approximate surface area is 348 Å². The molecule has 0 aliphatic heterocycles. The molecule has 0 saturated carbocycles. The molecule has 8 aromatic carbocycles. The molecule has 0 radical (unpaired) electrons. The first-order valence-electron chi connectivity index (χ1n) is 20.7. The third-order valence-electron chi connectivity index (χ3n) is 11.6. The molecule has 11 rings (SSSR count). The van der Waals surface area contributed by atoms with E-state index >= 15 is 0 Å². The molecule has 0 amide bonds. The molecule has 0 unspecified atom stereocenters. The first-order chi connectivity index (χ1) is 29.7. The zero-order valence-corrected chi connectivity index (χ0v) is 33.2. The molecule has 11 aromatic rings. The van der Waals surface area contributed by atoms with Gasteiger partial charge >= 0.3 is 0 Å². The van der Waals surface area contributed by atoms with E-state index in [-0.39, 0.29) is 0 Å². The molecule has 0 spiro atoms. The van der Waals surface area contributed by atoms with E-state index in [0.717, 1.165) is 73.1 Å². The highest BCUT2D eigenvalue weighted by Gasteiger charge is 2.17. The summed E-state index contributed by atoms with van der Waals surface area (Å²) >= 11 is 0. The number of hydrogen-bond donors (Lipinski definition) is 0. The second kappa shape index (κ2) is 14.9. The summed E-state index contributed by atoms with van der Waals surface area (Å²) < 4.78 is 8.88. The molecule has 0 atom stereocenters. The molecule has 0 fully saturated rings. The molecule has 0 aliphatic rings. The minimum atomic E-state index is 0.639. The maximum absolute atomic E-state index is 6.48. The van der Waals surface area contributed by atoms with E-state index in [9.17, 15) is 0 Å². The quantitative estimate of drug-likeness (QED) is 0.147. The number of unbranched alkanes of at least 4 members (excludes halogenated alkanes) is 1. The lowest BCUT2D eigenvalue weighted by atomic mass is 10.0. The van der Waals surface area contributed by atoms with Gasteiger partial charge in [-0.2, -0.15) is 0 Å². The monoisotopic (exact) mass is 772 g/mol. The van der Waals surface area contributed by atoms with Gasteiger partial charge in [-0.1, -0.05) is 159 Å². The molecule has 5 heteroatoms. The van der Waals surface area contributed by atoms with E-state index < -0.39 is 0 Å². The van der Waals surface area contributed by atoms with E-state index in [1.165, 1.54) is 40.1 Å². The van der Waals surface area contributed by atoms with Crippen LogP contribution in [-0.4, -0.2) is 19.5 Å². The number of benzene rings is 8. The van der Waals surface area contributed by atoms with Crippen molar-refractivity contribution in [1.82, 2.24) is 19.5 Å². The maximum Gasteiger partial charge on any atom is 0.164 e. The van der Waals surface area contributed by atoms with E-state index in [2.05, 4.69) is 139 Å². The number of fused-ring (bicyclic) bond motifs is 6.